The zero-order chi connectivity index (χ0) is 19.6. The van der Waals surface area contributed by atoms with Crippen molar-refractivity contribution in [3.05, 3.63) is 41.3 Å². The van der Waals surface area contributed by atoms with Crippen LogP contribution in [0.25, 0.3) is 0 Å². The van der Waals surface area contributed by atoms with E-state index in [1.807, 2.05) is 24.3 Å². The molecule has 2 aromatic rings. The molecule has 0 unspecified atom stereocenters. The third kappa shape index (κ3) is 6.57. The number of methoxy groups -OCH3 is 2. The smallest absolute Gasteiger partial charge is 0.191 e. The molecule has 0 fully saturated rings. The van der Waals surface area contributed by atoms with Crippen molar-refractivity contribution in [3.8, 4) is 11.5 Å². The standard InChI is InChI=1S/C20H30N4O3.HI/c1-6-14(7-2)18-10-17(27-24-18)13-23-20(21-3)22-12-15-8-9-16(25-4)11-19(15)26-5;/h8-11,14H,6-7,12-13H2,1-5H3,(H2,21,22,23);1H. The van der Waals surface area contributed by atoms with Gasteiger partial charge in [0.2, 0.25) is 0 Å². The van der Waals surface area contributed by atoms with E-state index in [4.69, 9.17) is 14.0 Å². The molecule has 0 atom stereocenters. The van der Waals surface area contributed by atoms with Crippen LogP contribution in [-0.4, -0.2) is 32.4 Å². The van der Waals surface area contributed by atoms with E-state index < -0.39 is 0 Å². The third-order valence-corrected chi connectivity index (χ3v) is 4.58. The fourth-order valence-corrected chi connectivity index (χ4v) is 2.88. The lowest BCUT2D eigenvalue weighted by atomic mass is 9.99. The number of ether oxygens (including phenoxy) is 2. The molecule has 0 bridgehead atoms. The minimum Gasteiger partial charge on any atom is -0.497 e. The van der Waals surface area contributed by atoms with Gasteiger partial charge in [-0.1, -0.05) is 19.0 Å². The molecule has 8 heteroatoms. The first-order valence-electron chi connectivity index (χ1n) is 9.25. The summed E-state index contributed by atoms with van der Waals surface area (Å²) < 4.78 is 16.1. The van der Waals surface area contributed by atoms with Crippen molar-refractivity contribution in [2.75, 3.05) is 21.3 Å². The number of hydrogen-bond donors (Lipinski definition) is 2. The lowest BCUT2D eigenvalue weighted by molar-refractivity contribution is 0.368. The molecule has 0 aliphatic heterocycles. The highest BCUT2D eigenvalue weighted by atomic mass is 127. The molecule has 1 heterocycles. The van der Waals surface area contributed by atoms with Gasteiger partial charge in [0.15, 0.2) is 11.7 Å². The summed E-state index contributed by atoms with van der Waals surface area (Å²) in [6.45, 7) is 5.43. The summed E-state index contributed by atoms with van der Waals surface area (Å²) in [6.07, 6.45) is 2.12. The van der Waals surface area contributed by atoms with Crippen LogP contribution in [0.1, 0.15) is 49.6 Å². The first-order valence-corrected chi connectivity index (χ1v) is 9.25. The van der Waals surface area contributed by atoms with Gasteiger partial charge in [-0.05, 0) is 25.0 Å². The predicted molar refractivity (Wildman–Crippen MR) is 122 cm³/mol. The molecule has 156 valence electrons. The normalized spacial score (nSPS) is 11.1. The van der Waals surface area contributed by atoms with Gasteiger partial charge in [0, 0.05) is 37.2 Å². The summed E-state index contributed by atoms with van der Waals surface area (Å²) in [5.41, 5.74) is 2.03. The maximum absolute atomic E-state index is 5.44. The second-order valence-corrected chi connectivity index (χ2v) is 6.19. The Balaban J connectivity index is 0.00000392. The van der Waals surface area contributed by atoms with Crippen LogP contribution in [0.3, 0.4) is 0 Å². The fraction of sp³-hybridized carbons (Fsp3) is 0.500. The van der Waals surface area contributed by atoms with Gasteiger partial charge < -0.3 is 24.6 Å². The Hall–Kier alpha value is -1.97. The van der Waals surface area contributed by atoms with Gasteiger partial charge in [-0.25, -0.2) is 0 Å². The highest BCUT2D eigenvalue weighted by molar-refractivity contribution is 14.0. The molecule has 0 radical (unpaired) electrons. The molecule has 28 heavy (non-hydrogen) atoms. The topological polar surface area (TPSA) is 80.9 Å². The van der Waals surface area contributed by atoms with Crippen LogP contribution in [0.15, 0.2) is 33.8 Å². The summed E-state index contributed by atoms with van der Waals surface area (Å²) in [5.74, 6) is 3.44. The van der Waals surface area contributed by atoms with Crippen molar-refractivity contribution in [2.45, 2.75) is 45.7 Å². The first-order chi connectivity index (χ1) is 13.1. The van der Waals surface area contributed by atoms with Crippen molar-refractivity contribution >= 4 is 29.9 Å². The van der Waals surface area contributed by atoms with E-state index in [0.29, 0.717) is 25.0 Å². The van der Waals surface area contributed by atoms with Crippen LogP contribution in [-0.2, 0) is 13.1 Å². The Morgan fingerprint density at radius 1 is 1.11 bits per heavy atom. The molecule has 2 N–H and O–H groups in total. The van der Waals surface area contributed by atoms with Crippen LogP contribution >= 0.6 is 24.0 Å². The van der Waals surface area contributed by atoms with Crippen LogP contribution in [0, 0.1) is 0 Å². The summed E-state index contributed by atoms with van der Waals surface area (Å²) in [6, 6.07) is 7.76. The number of guanidine groups is 1. The second kappa shape index (κ2) is 12.5. The van der Waals surface area contributed by atoms with Crippen LogP contribution in [0.4, 0.5) is 0 Å². The van der Waals surface area contributed by atoms with Crippen molar-refractivity contribution in [3.63, 3.8) is 0 Å². The summed E-state index contributed by atoms with van der Waals surface area (Å²) in [7, 11) is 5.01. The number of nitrogens with one attached hydrogen (secondary N) is 2. The van der Waals surface area contributed by atoms with Crippen molar-refractivity contribution in [2.24, 2.45) is 4.99 Å². The van der Waals surface area contributed by atoms with Crippen LogP contribution in [0.2, 0.25) is 0 Å². The highest BCUT2D eigenvalue weighted by Gasteiger charge is 2.13. The molecule has 2 rings (SSSR count). The van der Waals surface area contributed by atoms with E-state index in [9.17, 15) is 0 Å². The lowest BCUT2D eigenvalue weighted by Gasteiger charge is -2.14. The zero-order valence-corrected chi connectivity index (χ0v) is 19.6. The van der Waals surface area contributed by atoms with Gasteiger partial charge in [-0.3, -0.25) is 4.99 Å². The fourth-order valence-electron chi connectivity index (χ4n) is 2.88. The molecule has 0 aliphatic carbocycles. The monoisotopic (exact) mass is 502 g/mol. The Bertz CT molecular complexity index is 745. The number of halogens is 1. The molecular weight excluding hydrogens is 471 g/mol. The summed E-state index contributed by atoms with van der Waals surface area (Å²) in [4.78, 5) is 4.25. The Morgan fingerprint density at radius 2 is 1.82 bits per heavy atom. The number of nitrogens with zero attached hydrogens (tertiary/aromatic N) is 2. The number of aliphatic imine (C=N–C) groups is 1. The molecule has 1 aromatic heterocycles. The molecule has 0 saturated carbocycles. The SMILES string of the molecule is CCC(CC)c1cc(CNC(=NC)NCc2ccc(OC)cc2OC)on1.I. The van der Waals surface area contributed by atoms with Crippen LogP contribution < -0.4 is 20.1 Å². The highest BCUT2D eigenvalue weighted by Crippen LogP contribution is 2.24. The molecule has 7 nitrogen and oxygen atoms in total. The minimum atomic E-state index is 0. The van der Waals surface area contributed by atoms with Crippen molar-refractivity contribution < 1.29 is 14.0 Å². The van der Waals surface area contributed by atoms with Crippen LogP contribution in [0.5, 0.6) is 11.5 Å². The van der Waals surface area contributed by atoms with E-state index in [2.05, 4.69) is 34.6 Å². The van der Waals surface area contributed by atoms with E-state index in [1.54, 1.807) is 21.3 Å². The minimum absolute atomic E-state index is 0. The number of aromatic nitrogens is 1. The Kier molecular flexibility index (Phi) is 10.7. The maximum atomic E-state index is 5.44. The molecular formula is C20H31IN4O3. The van der Waals surface area contributed by atoms with Gasteiger partial charge in [0.1, 0.15) is 11.5 Å². The van der Waals surface area contributed by atoms with Gasteiger partial charge in [-0.2, -0.15) is 0 Å². The number of rotatable bonds is 9. The molecule has 0 amide bonds. The number of benzene rings is 1. The van der Waals surface area contributed by atoms with Crippen molar-refractivity contribution in [1.82, 2.24) is 15.8 Å². The lowest BCUT2D eigenvalue weighted by Crippen LogP contribution is -2.36. The Morgan fingerprint density at radius 3 is 2.43 bits per heavy atom. The first kappa shape index (κ1) is 24.1. The summed E-state index contributed by atoms with van der Waals surface area (Å²) >= 11 is 0. The molecule has 0 saturated heterocycles. The second-order valence-electron chi connectivity index (χ2n) is 6.19. The quantitative estimate of drug-likeness (QED) is 0.306. The third-order valence-electron chi connectivity index (χ3n) is 4.58. The van der Waals surface area contributed by atoms with Gasteiger partial charge in [0.05, 0.1) is 26.5 Å². The largest absolute Gasteiger partial charge is 0.497 e. The molecule has 0 aliphatic rings. The van der Waals surface area contributed by atoms with E-state index in [0.717, 1.165) is 41.4 Å². The number of hydrogen-bond acceptors (Lipinski definition) is 5. The van der Waals surface area contributed by atoms with Gasteiger partial charge >= 0.3 is 0 Å². The van der Waals surface area contributed by atoms with Crippen molar-refractivity contribution in [1.29, 1.82) is 0 Å². The predicted octanol–water partition coefficient (Wildman–Crippen LogP) is 4.08. The Labute approximate surface area is 184 Å². The van der Waals surface area contributed by atoms with E-state index in [-0.39, 0.29) is 24.0 Å². The van der Waals surface area contributed by atoms with E-state index in [1.165, 1.54) is 0 Å². The average molecular weight is 502 g/mol. The van der Waals surface area contributed by atoms with Gasteiger partial charge in [0.25, 0.3) is 0 Å². The molecule has 0 spiro atoms. The zero-order valence-electron chi connectivity index (χ0n) is 17.2. The van der Waals surface area contributed by atoms with E-state index >= 15 is 0 Å². The maximum Gasteiger partial charge on any atom is 0.191 e. The molecule has 1 aromatic carbocycles. The van der Waals surface area contributed by atoms with Gasteiger partial charge in [-0.15, -0.1) is 24.0 Å². The average Bonchev–Trinajstić information content (AvgIpc) is 3.17. The summed E-state index contributed by atoms with van der Waals surface area (Å²) in [5, 5.41) is 10.7.